The van der Waals surface area contributed by atoms with Gasteiger partial charge in [-0.15, -0.1) is 0 Å². The molecule has 34 heavy (non-hydrogen) atoms. The van der Waals surface area contributed by atoms with Gasteiger partial charge in [-0.1, -0.05) is 25.1 Å². The fourth-order valence-electron chi connectivity index (χ4n) is 3.98. The van der Waals surface area contributed by atoms with Gasteiger partial charge in [0.05, 0.1) is 7.11 Å². The van der Waals surface area contributed by atoms with Gasteiger partial charge in [0.25, 0.3) is 0 Å². The summed E-state index contributed by atoms with van der Waals surface area (Å²) in [6, 6.07) is 12.8. The van der Waals surface area contributed by atoms with Gasteiger partial charge in [-0.05, 0) is 69.0 Å². The monoisotopic (exact) mass is 468 g/mol. The third-order valence-corrected chi connectivity index (χ3v) is 5.61. The standard InChI is InChI=1S/C27H36N2O5/c1-6-22(26(31)28-27(2,3)4)29(18-20-8-7-9-21(16-20)32-5)25(30)13-11-19-10-12-23-24(17-19)34-15-14-33-23/h7-10,12,16-17,22H,6,11,13-15,18H2,1-5H3,(H,28,31)/t22-/m1/s1. The number of rotatable bonds is 9. The van der Waals surface area contributed by atoms with Gasteiger partial charge in [0.2, 0.25) is 11.8 Å². The Morgan fingerprint density at radius 3 is 2.47 bits per heavy atom. The van der Waals surface area contributed by atoms with Crippen molar-refractivity contribution in [2.24, 2.45) is 0 Å². The minimum atomic E-state index is -0.571. The fourth-order valence-corrected chi connectivity index (χ4v) is 3.98. The second-order valence-electron chi connectivity index (χ2n) is 9.51. The van der Waals surface area contributed by atoms with E-state index in [1.54, 1.807) is 12.0 Å². The Morgan fingerprint density at radius 1 is 1.06 bits per heavy atom. The highest BCUT2D eigenvalue weighted by molar-refractivity contribution is 5.88. The molecule has 2 amide bonds. The summed E-state index contributed by atoms with van der Waals surface area (Å²) in [7, 11) is 1.61. The van der Waals surface area contributed by atoms with Gasteiger partial charge in [0, 0.05) is 18.5 Å². The van der Waals surface area contributed by atoms with Crippen molar-refractivity contribution in [2.45, 2.75) is 65.1 Å². The van der Waals surface area contributed by atoms with E-state index in [-0.39, 0.29) is 23.8 Å². The summed E-state index contributed by atoms with van der Waals surface area (Å²) < 4.78 is 16.6. The van der Waals surface area contributed by atoms with Crippen LogP contribution in [0.2, 0.25) is 0 Å². The maximum Gasteiger partial charge on any atom is 0.243 e. The number of aryl methyl sites for hydroxylation is 1. The van der Waals surface area contributed by atoms with E-state index in [2.05, 4.69) is 5.32 Å². The van der Waals surface area contributed by atoms with Crippen LogP contribution >= 0.6 is 0 Å². The average Bonchev–Trinajstić information content (AvgIpc) is 2.81. The van der Waals surface area contributed by atoms with Crippen LogP contribution in [0.15, 0.2) is 42.5 Å². The summed E-state index contributed by atoms with van der Waals surface area (Å²) in [6.07, 6.45) is 1.34. The Balaban J connectivity index is 1.79. The van der Waals surface area contributed by atoms with Crippen LogP contribution in [-0.2, 0) is 22.6 Å². The zero-order chi connectivity index (χ0) is 24.7. The molecule has 0 aromatic heterocycles. The molecule has 0 bridgehead atoms. The first kappa shape index (κ1) is 25.4. The van der Waals surface area contributed by atoms with Crippen LogP contribution in [0.1, 0.15) is 51.7 Å². The van der Waals surface area contributed by atoms with Crippen LogP contribution in [-0.4, -0.2) is 48.6 Å². The molecule has 184 valence electrons. The normalized spacial score (nSPS) is 13.7. The van der Waals surface area contributed by atoms with Crippen molar-refractivity contribution < 1.29 is 23.8 Å². The van der Waals surface area contributed by atoms with Gasteiger partial charge in [0.15, 0.2) is 11.5 Å². The molecule has 1 heterocycles. The summed E-state index contributed by atoms with van der Waals surface area (Å²) in [4.78, 5) is 28.3. The first-order chi connectivity index (χ1) is 16.2. The Hall–Kier alpha value is -3.22. The molecule has 0 saturated heterocycles. The molecule has 7 heteroatoms. The van der Waals surface area contributed by atoms with Gasteiger partial charge in [-0.2, -0.15) is 0 Å². The Labute approximate surface area is 202 Å². The lowest BCUT2D eigenvalue weighted by atomic mass is 10.0. The number of hydrogen-bond acceptors (Lipinski definition) is 5. The Kier molecular flexibility index (Phi) is 8.42. The molecule has 0 radical (unpaired) electrons. The van der Waals surface area contributed by atoms with Crippen molar-refractivity contribution in [2.75, 3.05) is 20.3 Å². The molecule has 0 aliphatic carbocycles. The number of amides is 2. The molecule has 7 nitrogen and oxygen atoms in total. The molecule has 1 aliphatic heterocycles. The summed E-state index contributed by atoms with van der Waals surface area (Å²) in [6.45, 7) is 9.13. The number of ether oxygens (including phenoxy) is 3. The zero-order valence-corrected chi connectivity index (χ0v) is 20.8. The Morgan fingerprint density at radius 2 is 1.79 bits per heavy atom. The number of nitrogens with one attached hydrogen (secondary N) is 1. The number of nitrogens with zero attached hydrogens (tertiary/aromatic N) is 1. The second kappa shape index (κ2) is 11.3. The van der Waals surface area contributed by atoms with Crippen molar-refractivity contribution >= 4 is 11.8 Å². The number of hydrogen-bond donors (Lipinski definition) is 1. The maximum absolute atomic E-state index is 13.5. The summed E-state index contributed by atoms with van der Waals surface area (Å²) in [5.74, 6) is 1.93. The van der Waals surface area contributed by atoms with Crippen LogP contribution in [0.25, 0.3) is 0 Å². The second-order valence-corrected chi connectivity index (χ2v) is 9.51. The van der Waals surface area contributed by atoms with Crippen LogP contribution in [0.5, 0.6) is 17.2 Å². The first-order valence-corrected chi connectivity index (χ1v) is 11.8. The van der Waals surface area contributed by atoms with E-state index in [0.29, 0.717) is 44.1 Å². The van der Waals surface area contributed by atoms with Gasteiger partial charge in [0.1, 0.15) is 25.0 Å². The largest absolute Gasteiger partial charge is 0.497 e. The van der Waals surface area contributed by atoms with Gasteiger partial charge >= 0.3 is 0 Å². The van der Waals surface area contributed by atoms with Crippen LogP contribution in [0.3, 0.4) is 0 Å². The molecule has 0 spiro atoms. The molecule has 3 rings (SSSR count). The lowest BCUT2D eigenvalue weighted by Gasteiger charge is -2.33. The van der Waals surface area contributed by atoms with Gasteiger partial charge in [-0.3, -0.25) is 9.59 Å². The van der Waals surface area contributed by atoms with Crippen LogP contribution in [0, 0.1) is 0 Å². The van der Waals surface area contributed by atoms with E-state index in [1.807, 2.05) is 70.2 Å². The highest BCUT2D eigenvalue weighted by atomic mass is 16.6. The predicted octanol–water partition coefficient (Wildman–Crippen LogP) is 4.12. The quantitative estimate of drug-likeness (QED) is 0.599. The number of carbonyl (C=O) groups is 2. The highest BCUT2D eigenvalue weighted by Crippen LogP contribution is 2.31. The van der Waals surface area contributed by atoms with E-state index >= 15 is 0 Å². The van der Waals surface area contributed by atoms with Crippen molar-refractivity contribution in [1.82, 2.24) is 10.2 Å². The fraction of sp³-hybridized carbons (Fsp3) is 0.481. The van der Waals surface area contributed by atoms with Crippen LogP contribution in [0.4, 0.5) is 0 Å². The topological polar surface area (TPSA) is 77.1 Å². The maximum atomic E-state index is 13.5. The van der Waals surface area contributed by atoms with Crippen molar-refractivity contribution in [3.63, 3.8) is 0 Å². The SMILES string of the molecule is CC[C@H](C(=O)NC(C)(C)C)N(Cc1cccc(OC)c1)C(=O)CCc1ccc2c(c1)OCCO2. The van der Waals surface area contributed by atoms with Crippen molar-refractivity contribution in [3.8, 4) is 17.2 Å². The van der Waals surface area contributed by atoms with Crippen LogP contribution < -0.4 is 19.5 Å². The number of carbonyl (C=O) groups excluding carboxylic acids is 2. The molecule has 1 atom stereocenters. The molecule has 0 fully saturated rings. The van der Waals surface area contributed by atoms with E-state index in [4.69, 9.17) is 14.2 Å². The average molecular weight is 469 g/mol. The lowest BCUT2D eigenvalue weighted by molar-refractivity contribution is -0.142. The first-order valence-electron chi connectivity index (χ1n) is 11.8. The van der Waals surface area contributed by atoms with E-state index < -0.39 is 6.04 Å². The predicted molar refractivity (Wildman–Crippen MR) is 131 cm³/mol. The molecule has 0 saturated carbocycles. The number of methoxy groups -OCH3 is 1. The van der Waals surface area contributed by atoms with E-state index in [9.17, 15) is 9.59 Å². The third kappa shape index (κ3) is 6.89. The summed E-state index contributed by atoms with van der Waals surface area (Å²) in [5.41, 5.74) is 1.51. The lowest BCUT2D eigenvalue weighted by Crippen LogP contribution is -2.53. The summed E-state index contributed by atoms with van der Waals surface area (Å²) >= 11 is 0. The van der Waals surface area contributed by atoms with Gasteiger partial charge < -0.3 is 24.4 Å². The molecule has 1 N–H and O–H groups in total. The Bertz CT molecular complexity index is 999. The molecular formula is C27H36N2O5. The molecule has 2 aromatic carbocycles. The van der Waals surface area contributed by atoms with E-state index in [1.165, 1.54) is 0 Å². The zero-order valence-electron chi connectivity index (χ0n) is 20.8. The van der Waals surface area contributed by atoms with Crippen molar-refractivity contribution in [1.29, 1.82) is 0 Å². The van der Waals surface area contributed by atoms with Crippen molar-refractivity contribution in [3.05, 3.63) is 53.6 Å². The summed E-state index contributed by atoms with van der Waals surface area (Å²) in [5, 5.41) is 3.03. The smallest absolute Gasteiger partial charge is 0.243 e. The number of fused-ring (bicyclic) bond motifs is 1. The van der Waals surface area contributed by atoms with Gasteiger partial charge in [-0.25, -0.2) is 0 Å². The molecule has 2 aromatic rings. The minimum absolute atomic E-state index is 0.0754. The number of benzene rings is 2. The van der Waals surface area contributed by atoms with E-state index in [0.717, 1.165) is 16.9 Å². The minimum Gasteiger partial charge on any atom is -0.497 e. The molecule has 0 unspecified atom stereocenters. The highest BCUT2D eigenvalue weighted by Gasteiger charge is 2.30. The molecular weight excluding hydrogens is 432 g/mol. The third-order valence-electron chi connectivity index (χ3n) is 5.61. The molecule has 1 aliphatic rings.